The van der Waals surface area contributed by atoms with Crippen LogP contribution in [0.25, 0.3) is 10.1 Å². The molecule has 0 aliphatic rings. The van der Waals surface area contributed by atoms with Crippen molar-refractivity contribution in [1.29, 1.82) is 5.26 Å². The second kappa shape index (κ2) is 15.1. The molecule has 1 amide bonds. The highest BCUT2D eigenvalue weighted by Gasteiger charge is 2.32. The first-order chi connectivity index (χ1) is 22.7. The number of carbonyl (C=O) groups is 1. The number of anilines is 1. The minimum absolute atomic E-state index is 0.172. The van der Waals surface area contributed by atoms with Gasteiger partial charge < -0.3 is 15.2 Å². The van der Waals surface area contributed by atoms with Crippen LogP contribution in [0, 0.1) is 11.3 Å². The third-order valence-electron chi connectivity index (χ3n) is 7.71. The first kappa shape index (κ1) is 33.4. The van der Waals surface area contributed by atoms with Gasteiger partial charge in [-0.15, -0.1) is 11.3 Å². The van der Waals surface area contributed by atoms with Gasteiger partial charge in [-0.05, 0) is 81.6 Å². The maximum atomic E-state index is 14.2. The number of imidazole rings is 1. The van der Waals surface area contributed by atoms with Crippen LogP contribution in [0.5, 0.6) is 0 Å². The zero-order chi connectivity index (χ0) is 33.4. The fourth-order valence-corrected chi connectivity index (χ4v) is 7.76. The van der Waals surface area contributed by atoms with Crippen molar-refractivity contribution in [2.75, 3.05) is 11.9 Å². The quantitative estimate of drug-likeness (QED) is 0.123. The molecule has 1 unspecified atom stereocenters. The van der Waals surface area contributed by atoms with Gasteiger partial charge in [0, 0.05) is 28.9 Å². The van der Waals surface area contributed by atoms with E-state index >= 15 is 0 Å². The molecule has 0 spiro atoms. The molecule has 2 aromatic heterocycles. The van der Waals surface area contributed by atoms with Crippen molar-refractivity contribution >= 4 is 42.9 Å². The molecule has 0 aliphatic heterocycles. The van der Waals surface area contributed by atoms with Crippen molar-refractivity contribution in [1.82, 2.24) is 14.9 Å². The maximum absolute atomic E-state index is 14.2. The van der Waals surface area contributed by atoms with Gasteiger partial charge in [0.15, 0.2) is 5.37 Å². The van der Waals surface area contributed by atoms with E-state index in [1.807, 2.05) is 42.5 Å². The van der Waals surface area contributed by atoms with Crippen molar-refractivity contribution in [3.63, 3.8) is 0 Å². The van der Waals surface area contributed by atoms with Gasteiger partial charge >= 0.3 is 0 Å². The highest BCUT2D eigenvalue weighted by molar-refractivity contribution is 7.91. The van der Waals surface area contributed by atoms with Gasteiger partial charge in [-0.2, -0.15) is 5.26 Å². The summed E-state index contributed by atoms with van der Waals surface area (Å²) in [4.78, 5) is 18.2. The van der Waals surface area contributed by atoms with Crippen molar-refractivity contribution in [2.45, 2.75) is 50.4 Å². The Morgan fingerprint density at radius 3 is 2.51 bits per heavy atom. The van der Waals surface area contributed by atoms with E-state index < -0.39 is 15.2 Å². The summed E-state index contributed by atoms with van der Waals surface area (Å²) < 4.78 is 31.1. The van der Waals surface area contributed by atoms with Crippen LogP contribution in [-0.2, 0) is 16.4 Å². The smallest absolute Gasteiger partial charge is 0.261 e. The van der Waals surface area contributed by atoms with Crippen molar-refractivity contribution in [3.8, 4) is 6.07 Å². The second-order valence-corrected chi connectivity index (χ2v) is 14.7. The molecule has 0 aliphatic carbocycles. The Hall–Kier alpha value is -4.98. The lowest BCUT2D eigenvalue weighted by atomic mass is 10.1. The van der Waals surface area contributed by atoms with Gasteiger partial charge in [0.05, 0.1) is 39.6 Å². The van der Waals surface area contributed by atoms with Crippen LogP contribution >= 0.6 is 11.3 Å². The molecule has 5 aromatic rings. The Balaban J connectivity index is 1.43. The van der Waals surface area contributed by atoms with Crippen molar-refractivity contribution < 1.29 is 13.2 Å². The number of thiophene rings is 1. The highest BCUT2D eigenvalue weighted by Crippen LogP contribution is 2.36. The largest absolute Gasteiger partial charge is 0.363 e. The minimum Gasteiger partial charge on any atom is -0.363 e. The first-order valence-electron chi connectivity index (χ1n) is 15.3. The third-order valence-corrected chi connectivity index (χ3v) is 10.7. The summed E-state index contributed by atoms with van der Waals surface area (Å²) in [6, 6.07) is 25.0. The Bertz CT molecular complexity index is 2070. The SMILES string of the molecule is CC(C)=CCCC(C)=CCNC(=O)c1cc2c(NC(c3cncn3Cc3ccc(C#N)cc3)S(=O)(=O)c3ccccc3)cccc2s1. The molecule has 5 rings (SSSR count). The number of benzene rings is 3. The van der Waals surface area contributed by atoms with Crippen molar-refractivity contribution in [3.05, 3.63) is 136 Å². The minimum atomic E-state index is -3.96. The van der Waals surface area contributed by atoms with Crippen molar-refractivity contribution in [2.24, 2.45) is 0 Å². The lowest BCUT2D eigenvalue weighted by molar-refractivity contribution is 0.0962. The molecule has 0 fully saturated rings. The van der Waals surface area contributed by atoms with E-state index in [9.17, 15) is 18.5 Å². The Morgan fingerprint density at radius 1 is 1.02 bits per heavy atom. The monoisotopic (exact) mass is 663 g/mol. The van der Waals surface area contributed by atoms with Gasteiger partial charge in [0.25, 0.3) is 5.91 Å². The van der Waals surface area contributed by atoms with E-state index in [1.54, 1.807) is 59.6 Å². The fraction of sp³-hybridized carbons (Fsp3) is 0.216. The molecule has 8 nitrogen and oxygen atoms in total. The fourth-order valence-electron chi connectivity index (χ4n) is 5.16. The molecule has 10 heteroatoms. The number of amides is 1. The highest BCUT2D eigenvalue weighted by atomic mass is 32.2. The molecule has 2 N–H and O–H groups in total. The third kappa shape index (κ3) is 8.25. The summed E-state index contributed by atoms with van der Waals surface area (Å²) >= 11 is 1.36. The summed E-state index contributed by atoms with van der Waals surface area (Å²) in [6.07, 6.45) is 9.33. The number of nitriles is 1. The van der Waals surface area contributed by atoms with Crippen LogP contribution in [0.3, 0.4) is 0 Å². The van der Waals surface area contributed by atoms with Gasteiger partial charge in [0.1, 0.15) is 0 Å². The van der Waals surface area contributed by atoms with Crippen LogP contribution in [0.1, 0.15) is 65.5 Å². The molecule has 3 aromatic carbocycles. The molecule has 0 radical (unpaired) electrons. The molecule has 0 saturated heterocycles. The van der Waals surface area contributed by atoms with E-state index in [4.69, 9.17) is 0 Å². The molecule has 1 atom stereocenters. The standard InChI is InChI=1S/C37H37N5O3S2/c1-26(2)9-7-10-27(3)19-20-40-36(43)35-21-31-32(13-8-14-34(31)46-35)41-37(47(44,45)30-11-5-4-6-12-30)33-23-39-25-42(33)24-29-17-15-28(22-38)16-18-29/h4-6,8-9,11-19,21,23,25,37,41H,7,10,20,24H2,1-3H3,(H,40,43). The summed E-state index contributed by atoms with van der Waals surface area (Å²) in [7, 11) is -3.96. The normalized spacial score (nSPS) is 12.3. The average molecular weight is 664 g/mol. The predicted octanol–water partition coefficient (Wildman–Crippen LogP) is 8.02. The van der Waals surface area contributed by atoms with E-state index in [0.717, 1.165) is 28.5 Å². The van der Waals surface area contributed by atoms with Gasteiger partial charge in [-0.1, -0.05) is 59.7 Å². The van der Waals surface area contributed by atoms with Crippen LogP contribution in [0.15, 0.2) is 120 Å². The molecular formula is C37H37N5O3S2. The molecule has 240 valence electrons. The number of hydrogen-bond acceptors (Lipinski definition) is 7. The number of sulfone groups is 1. The first-order valence-corrected chi connectivity index (χ1v) is 17.7. The number of nitrogens with one attached hydrogen (secondary N) is 2. The molecule has 0 bridgehead atoms. The van der Waals surface area contributed by atoms with Crippen LogP contribution in [0.4, 0.5) is 5.69 Å². The number of fused-ring (bicyclic) bond motifs is 1. The molecule has 2 heterocycles. The summed E-state index contributed by atoms with van der Waals surface area (Å²) in [5.41, 5.74) is 4.99. The number of hydrogen-bond donors (Lipinski definition) is 2. The number of rotatable bonds is 13. The number of carbonyl (C=O) groups excluding carboxylic acids is 1. The van der Waals surface area contributed by atoms with Gasteiger partial charge in [-0.25, -0.2) is 13.4 Å². The van der Waals surface area contributed by atoms with Crippen LogP contribution < -0.4 is 10.6 Å². The summed E-state index contributed by atoms with van der Waals surface area (Å²) in [5, 5.41) is 15.0. The Labute approximate surface area is 280 Å². The number of nitrogens with zero attached hydrogens (tertiary/aromatic N) is 3. The van der Waals surface area contributed by atoms with Crippen LogP contribution in [-0.4, -0.2) is 30.4 Å². The number of aromatic nitrogens is 2. The molecule has 0 saturated carbocycles. The Kier molecular flexibility index (Phi) is 10.7. The second-order valence-electron chi connectivity index (χ2n) is 11.5. The zero-order valence-corrected chi connectivity index (χ0v) is 28.2. The van der Waals surface area contributed by atoms with E-state index in [0.29, 0.717) is 34.9 Å². The maximum Gasteiger partial charge on any atom is 0.261 e. The summed E-state index contributed by atoms with van der Waals surface area (Å²) in [5.74, 6) is -0.181. The molecule has 47 heavy (non-hydrogen) atoms. The Morgan fingerprint density at radius 2 is 1.79 bits per heavy atom. The lowest BCUT2D eigenvalue weighted by Gasteiger charge is -2.22. The average Bonchev–Trinajstić information content (AvgIpc) is 3.72. The van der Waals surface area contributed by atoms with E-state index in [1.165, 1.54) is 22.5 Å². The van der Waals surface area contributed by atoms with E-state index in [-0.39, 0.29) is 10.8 Å². The van der Waals surface area contributed by atoms with Crippen LogP contribution in [0.2, 0.25) is 0 Å². The lowest BCUT2D eigenvalue weighted by Crippen LogP contribution is -2.24. The summed E-state index contributed by atoms with van der Waals surface area (Å²) in [6.45, 7) is 7.03. The number of allylic oxidation sites excluding steroid dienone is 3. The topological polar surface area (TPSA) is 117 Å². The molecular weight excluding hydrogens is 627 g/mol. The van der Waals surface area contributed by atoms with Gasteiger partial charge in [-0.3, -0.25) is 4.79 Å². The van der Waals surface area contributed by atoms with E-state index in [2.05, 4.69) is 48.5 Å². The van der Waals surface area contributed by atoms with Gasteiger partial charge in [0.2, 0.25) is 9.84 Å². The zero-order valence-electron chi connectivity index (χ0n) is 26.6. The predicted molar refractivity (Wildman–Crippen MR) is 189 cm³/mol.